The first-order valence-corrected chi connectivity index (χ1v) is 3.92. The fourth-order valence-corrected chi connectivity index (χ4v) is 1.11. The predicted molar refractivity (Wildman–Crippen MR) is 46.6 cm³/mol. The summed E-state index contributed by atoms with van der Waals surface area (Å²) in [6.07, 6.45) is 5.52. The van der Waals surface area contributed by atoms with Gasteiger partial charge in [-0.2, -0.15) is 12.6 Å². The van der Waals surface area contributed by atoms with E-state index in [0.29, 0.717) is 5.75 Å². The second kappa shape index (κ2) is 2.54. The highest BCUT2D eigenvalue weighted by atomic mass is 32.1. The number of hydrogen-bond donors (Lipinski definition) is 2. The Labute approximate surface area is 69.3 Å². The molecule has 4 heteroatoms. The Balaban J connectivity index is 2.67. The maximum absolute atomic E-state index is 4.23. The van der Waals surface area contributed by atoms with Gasteiger partial charge in [-0.15, -0.1) is 0 Å². The minimum absolute atomic E-state index is 0.584. The molecule has 3 nitrogen and oxygen atoms in total. The van der Waals surface area contributed by atoms with Gasteiger partial charge in [0.15, 0.2) is 0 Å². The van der Waals surface area contributed by atoms with Gasteiger partial charge in [0.1, 0.15) is 5.82 Å². The van der Waals surface area contributed by atoms with Crippen LogP contribution in [0.3, 0.4) is 0 Å². The maximum atomic E-state index is 4.23. The van der Waals surface area contributed by atoms with Crippen LogP contribution in [0.15, 0.2) is 18.6 Å². The van der Waals surface area contributed by atoms with E-state index in [9.17, 15) is 0 Å². The fourth-order valence-electron chi connectivity index (χ4n) is 0.956. The monoisotopic (exact) mass is 165 g/mol. The number of fused-ring (bicyclic) bond motifs is 1. The first-order chi connectivity index (χ1) is 5.40. The van der Waals surface area contributed by atoms with Crippen molar-refractivity contribution in [2.75, 3.05) is 0 Å². The third-order valence-corrected chi connectivity index (χ3v) is 1.78. The summed E-state index contributed by atoms with van der Waals surface area (Å²) in [4.78, 5) is 11.3. The Bertz CT molecular complexity index is 368. The maximum Gasteiger partial charge on any atom is 0.138 e. The Morgan fingerprint density at radius 3 is 3.18 bits per heavy atom. The van der Waals surface area contributed by atoms with Crippen molar-refractivity contribution >= 4 is 23.5 Å². The number of H-pyrrole nitrogens is 1. The molecule has 0 aliphatic carbocycles. The summed E-state index contributed by atoms with van der Waals surface area (Å²) in [5, 5.41) is 1.04. The molecular weight excluding hydrogens is 158 g/mol. The van der Waals surface area contributed by atoms with Crippen LogP contribution >= 0.6 is 12.6 Å². The lowest BCUT2D eigenvalue weighted by molar-refractivity contribution is 1.08. The highest BCUT2D eigenvalue weighted by Gasteiger charge is 1.96. The SMILES string of the molecule is SCc1ncc2c[nH]cc2n1. The van der Waals surface area contributed by atoms with Crippen LogP contribution in [0.5, 0.6) is 0 Å². The molecule has 0 unspecified atom stereocenters. The van der Waals surface area contributed by atoms with Crippen molar-refractivity contribution in [3.63, 3.8) is 0 Å². The van der Waals surface area contributed by atoms with Crippen molar-refractivity contribution in [2.45, 2.75) is 5.75 Å². The summed E-state index contributed by atoms with van der Waals surface area (Å²) in [5.74, 6) is 1.35. The van der Waals surface area contributed by atoms with Gasteiger partial charge in [-0.25, -0.2) is 9.97 Å². The van der Waals surface area contributed by atoms with Crippen LogP contribution in [-0.4, -0.2) is 15.0 Å². The molecule has 2 rings (SSSR count). The van der Waals surface area contributed by atoms with E-state index in [4.69, 9.17) is 0 Å². The first-order valence-electron chi connectivity index (χ1n) is 3.29. The quantitative estimate of drug-likeness (QED) is 0.627. The molecule has 0 radical (unpaired) electrons. The average Bonchev–Trinajstić information content (AvgIpc) is 2.50. The van der Waals surface area contributed by atoms with Gasteiger partial charge >= 0.3 is 0 Å². The molecule has 0 atom stereocenters. The van der Waals surface area contributed by atoms with E-state index in [1.54, 1.807) is 6.20 Å². The normalized spacial score (nSPS) is 10.6. The van der Waals surface area contributed by atoms with Crippen molar-refractivity contribution in [1.82, 2.24) is 15.0 Å². The molecule has 0 saturated carbocycles. The van der Waals surface area contributed by atoms with Crippen LogP contribution in [0, 0.1) is 0 Å². The topological polar surface area (TPSA) is 41.6 Å². The molecule has 0 fully saturated rings. The Morgan fingerprint density at radius 2 is 2.36 bits per heavy atom. The van der Waals surface area contributed by atoms with Crippen molar-refractivity contribution in [3.8, 4) is 0 Å². The summed E-state index contributed by atoms with van der Waals surface area (Å²) in [5.41, 5.74) is 0.948. The van der Waals surface area contributed by atoms with Gasteiger partial charge in [0.25, 0.3) is 0 Å². The zero-order valence-electron chi connectivity index (χ0n) is 5.78. The highest BCUT2D eigenvalue weighted by Crippen LogP contribution is 2.08. The lowest BCUT2D eigenvalue weighted by atomic mass is 10.4. The summed E-state index contributed by atoms with van der Waals surface area (Å²) in [7, 11) is 0. The average molecular weight is 165 g/mol. The predicted octanol–water partition coefficient (Wildman–Crippen LogP) is 1.39. The third-order valence-electron chi connectivity index (χ3n) is 1.50. The highest BCUT2D eigenvalue weighted by molar-refractivity contribution is 7.79. The number of rotatable bonds is 1. The molecule has 0 bridgehead atoms. The van der Waals surface area contributed by atoms with Crippen LogP contribution in [0.25, 0.3) is 10.9 Å². The Kier molecular flexibility index (Phi) is 1.54. The minimum Gasteiger partial charge on any atom is -0.365 e. The number of hydrogen-bond acceptors (Lipinski definition) is 3. The van der Waals surface area contributed by atoms with E-state index in [-0.39, 0.29) is 0 Å². The van der Waals surface area contributed by atoms with Gasteiger partial charge in [0, 0.05) is 24.0 Å². The summed E-state index contributed by atoms with van der Waals surface area (Å²) < 4.78 is 0. The van der Waals surface area contributed by atoms with Crippen molar-refractivity contribution in [1.29, 1.82) is 0 Å². The molecule has 0 aliphatic heterocycles. The van der Waals surface area contributed by atoms with E-state index < -0.39 is 0 Å². The van der Waals surface area contributed by atoms with Gasteiger partial charge < -0.3 is 4.98 Å². The van der Waals surface area contributed by atoms with Crippen molar-refractivity contribution < 1.29 is 0 Å². The Morgan fingerprint density at radius 1 is 1.45 bits per heavy atom. The number of nitrogens with zero attached hydrogens (tertiary/aromatic N) is 2. The molecule has 56 valence electrons. The largest absolute Gasteiger partial charge is 0.365 e. The summed E-state index contributed by atoms with van der Waals surface area (Å²) in [6.45, 7) is 0. The van der Waals surface area contributed by atoms with Crippen LogP contribution in [0.4, 0.5) is 0 Å². The standard InChI is InChI=1S/C7H7N3S/c11-4-7-9-2-5-1-8-3-6(5)10-7/h1-3,8,11H,4H2. The lowest BCUT2D eigenvalue weighted by Crippen LogP contribution is -1.88. The Hall–Kier alpha value is -1.03. The fraction of sp³-hybridized carbons (Fsp3) is 0.143. The first kappa shape index (κ1) is 6.67. The van der Waals surface area contributed by atoms with E-state index in [1.807, 2.05) is 12.4 Å². The van der Waals surface area contributed by atoms with Gasteiger partial charge in [-0.1, -0.05) is 0 Å². The van der Waals surface area contributed by atoms with E-state index >= 15 is 0 Å². The third kappa shape index (κ3) is 1.09. The van der Waals surface area contributed by atoms with Crippen molar-refractivity contribution in [3.05, 3.63) is 24.4 Å². The molecule has 2 aromatic rings. The zero-order chi connectivity index (χ0) is 7.68. The number of aromatic nitrogens is 3. The van der Waals surface area contributed by atoms with Gasteiger partial charge in [-0.3, -0.25) is 0 Å². The van der Waals surface area contributed by atoms with Crippen LogP contribution < -0.4 is 0 Å². The van der Waals surface area contributed by atoms with Crippen LogP contribution in [-0.2, 0) is 5.75 Å². The molecule has 0 spiro atoms. The minimum atomic E-state index is 0.584. The van der Waals surface area contributed by atoms with Crippen LogP contribution in [0.2, 0.25) is 0 Å². The molecule has 0 saturated heterocycles. The summed E-state index contributed by atoms with van der Waals surface area (Å²) >= 11 is 4.08. The summed E-state index contributed by atoms with van der Waals surface area (Å²) in [6, 6.07) is 0. The molecule has 2 aromatic heterocycles. The number of nitrogens with one attached hydrogen (secondary N) is 1. The smallest absolute Gasteiger partial charge is 0.138 e. The molecule has 11 heavy (non-hydrogen) atoms. The van der Waals surface area contributed by atoms with E-state index in [1.165, 1.54) is 0 Å². The zero-order valence-corrected chi connectivity index (χ0v) is 6.68. The molecule has 0 amide bonds. The van der Waals surface area contributed by atoms with Crippen LogP contribution in [0.1, 0.15) is 5.82 Å². The lowest BCUT2D eigenvalue weighted by Gasteiger charge is -1.92. The van der Waals surface area contributed by atoms with E-state index in [0.717, 1.165) is 16.7 Å². The molecule has 2 heterocycles. The van der Waals surface area contributed by atoms with Gasteiger partial charge in [0.05, 0.1) is 11.3 Å². The van der Waals surface area contributed by atoms with Gasteiger partial charge in [0.2, 0.25) is 0 Å². The number of thiol groups is 1. The van der Waals surface area contributed by atoms with Gasteiger partial charge in [-0.05, 0) is 0 Å². The van der Waals surface area contributed by atoms with Crippen molar-refractivity contribution in [2.24, 2.45) is 0 Å². The molecule has 0 aliphatic rings. The molecule has 0 aromatic carbocycles. The second-order valence-corrected chi connectivity index (χ2v) is 2.56. The van der Waals surface area contributed by atoms with E-state index in [2.05, 4.69) is 27.6 Å². The molecule has 1 N–H and O–H groups in total. The number of aromatic amines is 1. The molecular formula is C7H7N3S. The second-order valence-electron chi connectivity index (χ2n) is 2.24.